The minimum Gasteiger partial charge on any atom is -0.389 e. The molecule has 0 spiro atoms. The molecule has 2 N–H and O–H groups in total. The molecule has 0 saturated heterocycles. The summed E-state index contributed by atoms with van der Waals surface area (Å²) in [6.07, 6.45) is 10.5. The van der Waals surface area contributed by atoms with E-state index in [1.807, 2.05) is 0 Å². The number of ether oxygens (including phenoxy) is 1. The maximum atomic E-state index is 9.89. The zero-order valence-electron chi connectivity index (χ0n) is 12.4. The van der Waals surface area contributed by atoms with Gasteiger partial charge in [0.15, 0.2) is 0 Å². The lowest BCUT2D eigenvalue weighted by atomic mass is 9.83. The third kappa shape index (κ3) is 5.80. The van der Waals surface area contributed by atoms with Gasteiger partial charge < -0.3 is 15.2 Å². The van der Waals surface area contributed by atoms with Crippen molar-refractivity contribution in [1.29, 1.82) is 0 Å². The van der Waals surface area contributed by atoms with Crippen molar-refractivity contribution >= 4 is 0 Å². The van der Waals surface area contributed by atoms with Crippen molar-refractivity contribution in [3.63, 3.8) is 0 Å². The van der Waals surface area contributed by atoms with Gasteiger partial charge in [-0.2, -0.15) is 0 Å². The highest BCUT2D eigenvalue weighted by atomic mass is 16.5. The van der Waals surface area contributed by atoms with E-state index < -0.39 is 0 Å². The zero-order valence-corrected chi connectivity index (χ0v) is 12.4. The first kappa shape index (κ1) is 15.3. The predicted octanol–water partition coefficient (Wildman–Crippen LogP) is 2.72. The molecule has 2 fully saturated rings. The Balaban J connectivity index is 1.45. The highest BCUT2D eigenvalue weighted by molar-refractivity contribution is 4.72. The van der Waals surface area contributed by atoms with Gasteiger partial charge >= 0.3 is 0 Å². The van der Waals surface area contributed by atoms with Crippen LogP contribution in [-0.4, -0.2) is 37.0 Å². The van der Waals surface area contributed by atoms with Gasteiger partial charge in [0, 0.05) is 6.54 Å². The van der Waals surface area contributed by atoms with Crippen molar-refractivity contribution in [3.05, 3.63) is 0 Å². The molecule has 2 aliphatic carbocycles. The van der Waals surface area contributed by atoms with E-state index in [2.05, 4.69) is 12.2 Å². The lowest BCUT2D eigenvalue weighted by molar-refractivity contribution is -0.0306. The first-order valence-electron chi connectivity index (χ1n) is 8.24. The number of aliphatic hydroxyl groups excluding tert-OH is 1. The van der Waals surface area contributed by atoms with Crippen molar-refractivity contribution in [2.24, 2.45) is 11.8 Å². The van der Waals surface area contributed by atoms with Crippen LogP contribution in [0.4, 0.5) is 0 Å². The Morgan fingerprint density at radius 2 is 2.00 bits per heavy atom. The van der Waals surface area contributed by atoms with Gasteiger partial charge in [-0.1, -0.05) is 39.0 Å². The van der Waals surface area contributed by atoms with Crippen LogP contribution >= 0.6 is 0 Å². The maximum Gasteiger partial charge on any atom is 0.0897 e. The molecule has 0 radical (unpaired) electrons. The van der Waals surface area contributed by atoms with E-state index in [0.717, 1.165) is 18.4 Å². The van der Waals surface area contributed by atoms with Crippen molar-refractivity contribution in [2.45, 2.75) is 70.5 Å². The zero-order chi connectivity index (χ0) is 13.5. The topological polar surface area (TPSA) is 41.5 Å². The van der Waals surface area contributed by atoms with Gasteiger partial charge in [0.2, 0.25) is 0 Å². The van der Waals surface area contributed by atoms with Crippen LogP contribution in [0.25, 0.3) is 0 Å². The van der Waals surface area contributed by atoms with E-state index in [1.165, 1.54) is 51.4 Å². The summed E-state index contributed by atoms with van der Waals surface area (Å²) in [4.78, 5) is 0. The fourth-order valence-electron chi connectivity index (χ4n) is 3.19. The van der Waals surface area contributed by atoms with Crippen molar-refractivity contribution in [1.82, 2.24) is 5.32 Å². The highest BCUT2D eigenvalue weighted by Gasteiger charge is 2.20. The lowest BCUT2D eigenvalue weighted by Crippen LogP contribution is -2.34. The third-order valence-electron chi connectivity index (χ3n) is 4.75. The summed E-state index contributed by atoms with van der Waals surface area (Å²) < 4.78 is 5.84. The molecule has 2 saturated carbocycles. The van der Waals surface area contributed by atoms with E-state index in [0.29, 0.717) is 19.3 Å². The maximum absolute atomic E-state index is 9.89. The second kappa shape index (κ2) is 8.23. The standard InChI is InChI=1S/C16H31NO2/c1-13-4-2-7-16(10-13)19-12-15(18)11-17-9-8-14-5-3-6-14/h13-18H,2-12H2,1H3. The van der Waals surface area contributed by atoms with Crippen LogP contribution in [0.3, 0.4) is 0 Å². The minimum absolute atomic E-state index is 0.348. The van der Waals surface area contributed by atoms with Crippen LogP contribution in [-0.2, 0) is 4.74 Å². The van der Waals surface area contributed by atoms with Crippen LogP contribution in [0, 0.1) is 11.8 Å². The molecule has 3 unspecified atom stereocenters. The fourth-order valence-corrected chi connectivity index (χ4v) is 3.19. The average molecular weight is 269 g/mol. The smallest absolute Gasteiger partial charge is 0.0897 e. The van der Waals surface area contributed by atoms with Crippen molar-refractivity contribution < 1.29 is 9.84 Å². The predicted molar refractivity (Wildman–Crippen MR) is 78.2 cm³/mol. The second-order valence-corrected chi connectivity index (χ2v) is 6.67. The molecule has 0 bridgehead atoms. The van der Waals surface area contributed by atoms with E-state index >= 15 is 0 Å². The van der Waals surface area contributed by atoms with Crippen molar-refractivity contribution in [2.75, 3.05) is 19.7 Å². The average Bonchev–Trinajstić information content (AvgIpc) is 2.34. The Labute approximate surface area is 118 Å². The van der Waals surface area contributed by atoms with E-state index in [1.54, 1.807) is 0 Å². The molecule has 0 aromatic carbocycles. The quantitative estimate of drug-likeness (QED) is 0.666. The van der Waals surface area contributed by atoms with Gasteiger partial charge in [0.25, 0.3) is 0 Å². The summed E-state index contributed by atoms with van der Waals surface area (Å²) in [5.41, 5.74) is 0. The highest BCUT2D eigenvalue weighted by Crippen LogP contribution is 2.28. The summed E-state index contributed by atoms with van der Waals surface area (Å²) in [5, 5.41) is 13.2. The van der Waals surface area contributed by atoms with E-state index in [9.17, 15) is 5.11 Å². The van der Waals surface area contributed by atoms with Crippen LogP contribution in [0.15, 0.2) is 0 Å². The number of nitrogens with one attached hydrogen (secondary N) is 1. The first-order chi connectivity index (χ1) is 9.24. The summed E-state index contributed by atoms with van der Waals surface area (Å²) in [6.45, 7) is 4.51. The molecule has 3 nitrogen and oxygen atoms in total. The van der Waals surface area contributed by atoms with Gasteiger partial charge in [-0.05, 0) is 37.6 Å². The van der Waals surface area contributed by atoms with Crippen LogP contribution in [0.2, 0.25) is 0 Å². The summed E-state index contributed by atoms with van der Waals surface area (Å²) in [7, 11) is 0. The molecular weight excluding hydrogens is 238 g/mol. The molecule has 3 atom stereocenters. The molecule has 2 aliphatic rings. The van der Waals surface area contributed by atoms with Crippen LogP contribution < -0.4 is 5.32 Å². The number of aliphatic hydroxyl groups is 1. The molecule has 0 heterocycles. The summed E-state index contributed by atoms with van der Waals surface area (Å²) >= 11 is 0. The first-order valence-corrected chi connectivity index (χ1v) is 8.24. The number of rotatable bonds is 8. The molecule has 3 heteroatoms. The molecular formula is C16H31NO2. The SMILES string of the molecule is CC1CCCC(OCC(O)CNCCC2CCC2)C1. The molecule has 19 heavy (non-hydrogen) atoms. The lowest BCUT2D eigenvalue weighted by Gasteiger charge is -2.28. The van der Waals surface area contributed by atoms with Gasteiger partial charge in [0.05, 0.1) is 18.8 Å². The van der Waals surface area contributed by atoms with Gasteiger partial charge in [-0.15, -0.1) is 0 Å². The summed E-state index contributed by atoms with van der Waals surface area (Å²) in [6, 6.07) is 0. The van der Waals surface area contributed by atoms with Gasteiger partial charge in [0.1, 0.15) is 0 Å². The molecule has 2 rings (SSSR count). The summed E-state index contributed by atoms with van der Waals surface area (Å²) in [5.74, 6) is 1.74. The monoisotopic (exact) mass is 269 g/mol. The molecule has 0 aromatic heterocycles. The molecule has 0 aromatic rings. The Morgan fingerprint density at radius 3 is 2.68 bits per heavy atom. The molecule has 0 aliphatic heterocycles. The fraction of sp³-hybridized carbons (Fsp3) is 1.00. The Kier molecular flexibility index (Phi) is 6.62. The van der Waals surface area contributed by atoms with Gasteiger partial charge in [-0.3, -0.25) is 0 Å². The largest absolute Gasteiger partial charge is 0.389 e. The minimum atomic E-state index is -0.348. The van der Waals surface area contributed by atoms with Crippen LogP contribution in [0.1, 0.15) is 58.3 Å². The van der Waals surface area contributed by atoms with Crippen LogP contribution in [0.5, 0.6) is 0 Å². The Morgan fingerprint density at radius 1 is 1.21 bits per heavy atom. The Hall–Kier alpha value is -0.120. The second-order valence-electron chi connectivity index (χ2n) is 6.67. The van der Waals surface area contributed by atoms with Gasteiger partial charge in [-0.25, -0.2) is 0 Å². The molecule has 0 amide bonds. The molecule has 112 valence electrons. The normalized spacial score (nSPS) is 30.0. The third-order valence-corrected chi connectivity index (χ3v) is 4.75. The van der Waals surface area contributed by atoms with Crippen molar-refractivity contribution in [3.8, 4) is 0 Å². The number of hydrogen-bond acceptors (Lipinski definition) is 3. The van der Waals surface area contributed by atoms with E-state index in [4.69, 9.17) is 4.74 Å². The van der Waals surface area contributed by atoms with E-state index in [-0.39, 0.29) is 6.10 Å². The number of hydrogen-bond donors (Lipinski definition) is 2. The Bertz CT molecular complexity index is 243.